The predicted octanol–water partition coefficient (Wildman–Crippen LogP) is 0.944. The maximum absolute atomic E-state index is 10.7. The SMILES string of the molecule is CC(C)Oc1cc(N2CCOC(CC(=O)O)C2)ncn1. The Morgan fingerprint density at radius 3 is 3.10 bits per heavy atom. The highest BCUT2D eigenvalue weighted by molar-refractivity contribution is 5.67. The van der Waals surface area contributed by atoms with Crippen molar-refractivity contribution in [1.29, 1.82) is 0 Å². The second-order valence-corrected chi connectivity index (χ2v) is 4.92. The highest BCUT2D eigenvalue weighted by Gasteiger charge is 2.24. The summed E-state index contributed by atoms with van der Waals surface area (Å²) < 4.78 is 11.0. The number of rotatable bonds is 5. The van der Waals surface area contributed by atoms with Crippen LogP contribution in [0.5, 0.6) is 5.88 Å². The Bertz CT molecular complexity index is 467. The van der Waals surface area contributed by atoms with Crippen molar-refractivity contribution in [3.63, 3.8) is 0 Å². The number of carboxylic acid groups (broad SMARTS) is 1. The summed E-state index contributed by atoms with van der Waals surface area (Å²) in [4.78, 5) is 21.0. The van der Waals surface area contributed by atoms with Crippen LogP contribution in [0.1, 0.15) is 20.3 Å². The molecule has 0 saturated carbocycles. The van der Waals surface area contributed by atoms with Crippen molar-refractivity contribution in [1.82, 2.24) is 9.97 Å². The van der Waals surface area contributed by atoms with Crippen LogP contribution in [0.15, 0.2) is 12.4 Å². The van der Waals surface area contributed by atoms with Crippen molar-refractivity contribution in [2.75, 3.05) is 24.6 Å². The van der Waals surface area contributed by atoms with Gasteiger partial charge in [0, 0.05) is 19.2 Å². The fourth-order valence-corrected chi connectivity index (χ4v) is 2.05. The largest absolute Gasteiger partial charge is 0.481 e. The van der Waals surface area contributed by atoms with Crippen LogP contribution in [-0.4, -0.2) is 52.9 Å². The van der Waals surface area contributed by atoms with E-state index in [0.29, 0.717) is 25.6 Å². The molecule has 0 spiro atoms. The number of ether oxygens (including phenoxy) is 2. The maximum atomic E-state index is 10.7. The Labute approximate surface area is 117 Å². The number of hydrogen-bond donors (Lipinski definition) is 1. The molecule has 1 fully saturated rings. The molecule has 2 rings (SSSR count). The Morgan fingerprint density at radius 1 is 1.60 bits per heavy atom. The average Bonchev–Trinajstić information content (AvgIpc) is 2.38. The van der Waals surface area contributed by atoms with Crippen LogP contribution in [0.2, 0.25) is 0 Å². The van der Waals surface area contributed by atoms with E-state index in [0.717, 1.165) is 5.82 Å². The second kappa shape index (κ2) is 6.51. The molecule has 110 valence electrons. The minimum absolute atomic E-state index is 0.00304. The van der Waals surface area contributed by atoms with Gasteiger partial charge in [-0.05, 0) is 13.8 Å². The molecule has 7 nitrogen and oxygen atoms in total. The summed E-state index contributed by atoms with van der Waals surface area (Å²) in [5.41, 5.74) is 0. The van der Waals surface area contributed by atoms with Crippen molar-refractivity contribution in [2.45, 2.75) is 32.5 Å². The number of nitrogens with zero attached hydrogens (tertiary/aromatic N) is 3. The van der Waals surface area contributed by atoms with Crippen LogP contribution in [-0.2, 0) is 9.53 Å². The smallest absolute Gasteiger partial charge is 0.306 e. The molecular weight excluding hydrogens is 262 g/mol. The fourth-order valence-electron chi connectivity index (χ4n) is 2.05. The fraction of sp³-hybridized carbons (Fsp3) is 0.615. The van der Waals surface area contributed by atoms with E-state index in [4.69, 9.17) is 14.6 Å². The third-order valence-electron chi connectivity index (χ3n) is 2.85. The highest BCUT2D eigenvalue weighted by Crippen LogP contribution is 2.20. The van der Waals surface area contributed by atoms with E-state index < -0.39 is 5.97 Å². The van der Waals surface area contributed by atoms with Gasteiger partial charge in [0.1, 0.15) is 12.1 Å². The number of aliphatic carboxylic acids is 1. The zero-order chi connectivity index (χ0) is 14.5. The lowest BCUT2D eigenvalue weighted by molar-refractivity contribution is -0.140. The first-order valence-corrected chi connectivity index (χ1v) is 6.61. The normalized spacial score (nSPS) is 19.1. The van der Waals surface area contributed by atoms with E-state index >= 15 is 0 Å². The molecule has 0 radical (unpaired) electrons. The Hall–Kier alpha value is -1.89. The molecule has 1 aliphatic heterocycles. The molecule has 0 amide bonds. The topological polar surface area (TPSA) is 84.8 Å². The van der Waals surface area contributed by atoms with Gasteiger partial charge in [-0.15, -0.1) is 0 Å². The van der Waals surface area contributed by atoms with Crippen molar-refractivity contribution in [3.05, 3.63) is 12.4 Å². The van der Waals surface area contributed by atoms with Gasteiger partial charge in [-0.25, -0.2) is 9.97 Å². The minimum Gasteiger partial charge on any atom is -0.481 e. The van der Waals surface area contributed by atoms with Gasteiger partial charge < -0.3 is 19.5 Å². The quantitative estimate of drug-likeness (QED) is 0.859. The molecule has 1 aromatic rings. The predicted molar refractivity (Wildman–Crippen MR) is 72.0 cm³/mol. The van der Waals surface area contributed by atoms with Crippen LogP contribution in [0.4, 0.5) is 5.82 Å². The van der Waals surface area contributed by atoms with Gasteiger partial charge in [-0.1, -0.05) is 0 Å². The number of carboxylic acids is 1. The highest BCUT2D eigenvalue weighted by atomic mass is 16.5. The molecular formula is C13H19N3O4. The number of morpholine rings is 1. The zero-order valence-corrected chi connectivity index (χ0v) is 11.7. The van der Waals surface area contributed by atoms with Crippen LogP contribution in [0.3, 0.4) is 0 Å². The van der Waals surface area contributed by atoms with Crippen LogP contribution in [0, 0.1) is 0 Å². The van der Waals surface area contributed by atoms with E-state index in [-0.39, 0.29) is 18.6 Å². The van der Waals surface area contributed by atoms with Crippen LogP contribution in [0.25, 0.3) is 0 Å². The van der Waals surface area contributed by atoms with Crippen LogP contribution >= 0.6 is 0 Å². The minimum atomic E-state index is -0.858. The molecule has 1 saturated heterocycles. The third-order valence-corrected chi connectivity index (χ3v) is 2.85. The summed E-state index contributed by atoms with van der Waals surface area (Å²) in [6.07, 6.45) is 1.18. The molecule has 1 unspecified atom stereocenters. The van der Waals surface area contributed by atoms with Gasteiger partial charge in [-0.3, -0.25) is 4.79 Å². The number of carbonyl (C=O) groups is 1. The van der Waals surface area contributed by atoms with Crippen molar-refractivity contribution in [2.24, 2.45) is 0 Å². The van der Waals surface area contributed by atoms with Crippen molar-refractivity contribution >= 4 is 11.8 Å². The lowest BCUT2D eigenvalue weighted by Crippen LogP contribution is -2.43. The molecule has 0 aliphatic carbocycles. The number of hydrogen-bond acceptors (Lipinski definition) is 6. The molecule has 1 N–H and O–H groups in total. The van der Waals surface area contributed by atoms with Crippen LogP contribution < -0.4 is 9.64 Å². The van der Waals surface area contributed by atoms with E-state index in [9.17, 15) is 4.79 Å². The summed E-state index contributed by atoms with van der Waals surface area (Å²) in [5, 5.41) is 8.82. The zero-order valence-electron chi connectivity index (χ0n) is 11.7. The first kappa shape index (κ1) is 14.5. The Kier molecular flexibility index (Phi) is 4.73. The van der Waals surface area contributed by atoms with Gasteiger partial charge in [0.05, 0.1) is 25.2 Å². The van der Waals surface area contributed by atoms with Gasteiger partial charge in [-0.2, -0.15) is 0 Å². The van der Waals surface area contributed by atoms with E-state index in [1.807, 2.05) is 18.7 Å². The van der Waals surface area contributed by atoms with Gasteiger partial charge in [0.2, 0.25) is 5.88 Å². The van der Waals surface area contributed by atoms with Gasteiger partial charge in [0.25, 0.3) is 0 Å². The summed E-state index contributed by atoms with van der Waals surface area (Å²) in [5.74, 6) is 0.393. The molecule has 1 atom stereocenters. The molecule has 7 heteroatoms. The Balaban J connectivity index is 2.04. The summed E-state index contributed by atoms with van der Waals surface area (Å²) in [7, 11) is 0. The van der Waals surface area contributed by atoms with E-state index in [2.05, 4.69) is 9.97 Å². The average molecular weight is 281 g/mol. The molecule has 1 aromatic heterocycles. The van der Waals surface area contributed by atoms with E-state index in [1.165, 1.54) is 6.33 Å². The molecule has 2 heterocycles. The lowest BCUT2D eigenvalue weighted by atomic mass is 10.2. The molecule has 1 aliphatic rings. The molecule has 20 heavy (non-hydrogen) atoms. The maximum Gasteiger partial charge on any atom is 0.306 e. The van der Waals surface area contributed by atoms with Gasteiger partial charge >= 0.3 is 5.97 Å². The van der Waals surface area contributed by atoms with Crippen molar-refractivity contribution in [3.8, 4) is 5.88 Å². The lowest BCUT2D eigenvalue weighted by Gasteiger charge is -2.33. The first-order chi connectivity index (χ1) is 9.54. The number of aromatic nitrogens is 2. The number of anilines is 1. The monoisotopic (exact) mass is 281 g/mol. The van der Waals surface area contributed by atoms with Crippen molar-refractivity contribution < 1.29 is 19.4 Å². The first-order valence-electron chi connectivity index (χ1n) is 6.61. The van der Waals surface area contributed by atoms with Gasteiger partial charge in [0.15, 0.2) is 0 Å². The molecule has 0 bridgehead atoms. The summed E-state index contributed by atoms with van der Waals surface area (Å²) >= 11 is 0. The molecule has 0 aromatic carbocycles. The van der Waals surface area contributed by atoms with E-state index in [1.54, 1.807) is 6.07 Å². The Morgan fingerprint density at radius 2 is 2.40 bits per heavy atom. The summed E-state index contributed by atoms with van der Waals surface area (Å²) in [6, 6.07) is 1.77. The summed E-state index contributed by atoms with van der Waals surface area (Å²) in [6.45, 7) is 5.53. The standard InChI is InChI=1S/C13H19N3O4/c1-9(2)20-12-6-11(14-8-15-12)16-3-4-19-10(7-16)5-13(17)18/h6,8-10H,3-5,7H2,1-2H3,(H,17,18). The third kappa shape index (κ3) is 4.06. The second-order valence-electron chi connectivity index (χ2n) is 4.92.